The number of hydrogen-bond acceptors (Lipinski definition) is 4. The highest BCUT2D eigenvalue weighted by Crippen LogP contribution is 2.28. The summed E-state index contributed by atoms with van der Waals surface area (Å²) < 4.78 is 11.9. The van der Waals surface area contributed by atoms with Crippen molar-refractivity contribution in [1.82, 2.24) is 10.2 Å². The van der Waals surface area contributed by atoms with E-state index in [0.717, 1.165) is 25.0 Å². The Hall–Kier alpha value is -2.86. The molecule has 1 fully saturated rings. The number of ether oxygens (including phenoxy) is 2. The van der Waals surface area contributed by atoms with E-state index >= 15 is 0 Å². The zero-order valence-corrected chi connectivity index (χ0v) is 17.1. The predicted octanol–water partition coefficient (Wildman–Crippen LogP) is 2.82. The Labute approximate surface area is 177 Å². The summed E-state index contributed by atoms with van der Waals surface area (Å²) in [6.07, 6.45) is 3.22. The molecule has 2 heterocycles. The maximum Gasteiger partial charge on any atom is 0.254 e. The molecule has 30 heavy (non-hydrogen) atoms. The average molecular weight is 408 g/mol. The number of aryl methyl sites for hydroxylation is 1. The van der Waals surface area contributed by atoms with Crippen LogP contribution >= 0.6 is 0 Å². The molecule has 4 rings (SSSR count). The van der Waals surface area contributed by atoms with E-state index in [1.54, 1.807) is 17.0 Å². The van der Waals surface area contributed by atoms with E-state index in [1.165, 1.54) is 5.56 Å². The van der Waals surface area contributed by atoms with E-state index in [9.17, 15) is 9.59 Å². The maximum atomic E-state index is 13.1. The van der Waals surface area contributed by atoms with Crippen LogP contribution in [0.4, 0.5) is 0 Å². The Bertz CT molecular complexity index is 886. The van der Waals surface area contributed by atoms with Gasteiger partial charge in [0.25, 0.3) is 11.8 Å². The van der Waals surface area contributed by atoms with Gasteiger partial charge in [-0.05, 0) is 49.4 Å². The lowest BCUT2D eigenvalue weighted by Crippen LogP contribution is -2.61. The normalized spacial score (nSPS) is 22.8. The minimum atomic E-state index is -1.01. The van der Waals surface area contributed by atoms with Crippen molar-refractivity contribution in [3.05, 3.63) is 65.7 Å². The third-order valence-corrected chi connectivity index (χ3v) is 5.80. The highest BCUT2D eigenvalue weighted by atomic mass is 16.5. The van der Waals surface area contributed by atoms with Gasteiger partial charge in [0, 0.05) is 12.1 Å². The van der Waals surface area contributed by atoms with Gasteiger partial charge in [0.05, 0.1) is 19.7 Å². The van der Waals surface area contributed by atoms with Crippen LogP contribution in [-0.2, 0) is 16.0 Å². The second kappa shape index (κ2) is 9.30. The Morgan fingerprint density at radius 1 is 1.00 bits per heavy atom. The quantitative estimate of drug-likeness (QED) is 0.788. The third-order valence-electron chi connectivity index (χ3n) is 5.80. The van der Waals surface area contributed by atoms with E-state index in [0.29, 0.717) is 38.3 Å². The van der Waals surface area contributed by atoms with Gasteiger partial charge in [-0.3, -0.25) is 9.59 Å². The van der Waals surface area contributed by atoms with E-state index in [4.69, 9.17) is 9.47 Å². The lowest BCUT2D eigenvalue weighted by molar-refractivity contribution is -0.159. The highest BCUT2D eigenvalue weighted by molar-refractivity contribution is 5.95. The molecule has 1 atom stereocenters. The van der Waals surface area contributed by atoms with Gasteiger partial charge in [-0.15, -0.1) is 0 Å². The summed E-state index contributed by atoms with van der Waals surface area (Å²) >= 11 is 0. The first-order chi connectivity index (χ1) is 14.7. The molecule has 1 unspecified atom stereocenters. The van der Waals surface area contributed by atoms with Crippen LogP contribution in [0.3, 0.4) is 0 Å². The molecule has 0 saturated carbocycles. The molecule has 2 aliphatic heterocycles. The molecular formula is C24H28N2O4. The number of nitrogens with one attached hydrogen (secondary N) is 1. The second-order valence-corrected chi connectivity index (χ2v) is 7.85. The zero-order valence-electron chi connectivity index (χ0n) is 17.1. The van der Waals surface area contributed by atoms with Crippen molar-refractivity contribution in [2.45, 2.75) is 31.3 Å². The number of amides is 2. The number of fused-ring (bicyclic) bond motifs is 1. The van der Waals surface area contributed by atoms with Gasteiger partial charge < -0.3 is 19.7 Å². The van der Waals surface area contributed by atoms with Crippen molar-refractivity contribution in [1.29, 1.82) is 0 Å². The molecule has 2 amide bonds. The summed E-state index contributed by atoms with van der Waals surface area (Å²) in [4.78, 5) is 27.8. The number of carbonyl (C=O) groups excluding carboxylic acids is 2. The summed E-state index contributed by atoms with van der Waals surface area (Å²) in [5.74, 6) is 0.663. The molecule has 2 aliphatic rings. The molecule has 0 aliphatic carbocycles. The largest absolute Gasteiger partial charge is 0.491 e. The van der Waals surface area contributed by atoms with Crippen LogP contribution in [0.2, 0.25) is 0 Å². The molecule has 6 nitrogen and oxygen atoms in total. The van der Waals surface area contributed by atoms with E-state index in [2.05, 4.69) is 11.4 Å². The minimum absolute atomic E-state index is 0.0607. The third kappa shape index (κ3) is 4.49. The van der Waals surface area contributed by atoms with Crippen molar-refractivity contribution in [2.24, 2.45) is 0 Å². The molecule has 1 N–H and O–H groups in total. The van der Waals surface area contributed by atoms with Gasteiger partial charge in [0.1, 0.15) is 12.4 Å². The Balaban J connectivity index is 1.50. The standard InChI is InChI=1S/C24H28N2O4/c27-22(20-10-2-1-3-11-20)26-15-17-30-24(18-26)13-7-6-9-19-8-4-5-12-21(19)29-16-14-25-23(24)28/h1-5,8,10-12H,6-7,9,13-18H2,(H,25,28). The van der Waals surface area contributed by atoms with Crippen molar-refractivity contribution >= 4 is 11.8 Å². The van der Waals surface area contributed by atoms with Crippen molar-refractivity contribution in [3.63, 3.8) is 0 Å². The predicted molar refractivity (Wildman–Crippen MR) is 114 cm³/mol. The van der Waals surface area contributed by atoms with Crippen molar-refractivity contribution < 1.29 is 19.1 Å². The SMILES string of the molecule is O=C(c1ccccc1)N1CCOC2(CCCCc3ccccc3OCCNC2=O)C1. The number of benzene rings is 2. The minimum Gasteiger partial charge on any atom is -0.491 e. The van der Waals surface area contributed by atoms with Crippen LogP contribution in [0.15, 0.2) is 54.6 Å². The van der Waals surface area contributed by atoms with Gasteiger partial charge in [0.2, 0.25) is 0 Å². The summed E-state index contributed by atoms with van der Waals surface area (Å²) in [5, 5.41) is 2.96. The Kier molecular flexibility index (Phi) is 6.33. The number of nitrogens with zero attached hydrogens (tertiary/aromatic N) is 1. The molecule has 1 saturated heterocycles. The maximum absolute atomic E-state index is 13.1. The first kappa shape index (κ1) is 20.4. The molecular weight excluding hydrogens is 380 g/mol. The van der Waals surface area contributed by atoms with Crippen LogP contribution in [0.25, 0.3) is 0 Å². The molecule has 158 valence electrons. The highest BCUT2D eigenvalue weighted by Gasteiger charge is 2.44. The average Bonchev–Trinajstić information content (AvgIpc) is 2.79. The monoisotopic (exact) mass is 408 g/mol. The second-order valence-electron chi connectivity index (χ2n) is 7.85. The number of rotatable bonds is 1. The number of carbonyl (C=O) groups is 2. The van der Waals surface area contributed by atoms with Gasteiger partial charge in [-0.25, -0.2) is 0 Å². The molecule has 0 aromatic heterocycles. The number of para-hydroxylation sites is 1. The smallest absolute Gasteiger partial charge is 0.254 e. The first-order valence-corrected chi connectivity index (χ1v) is 10.7. The molecule has 2 aromatic carbocycles. The molecule has 2 aromatic rings. The summed E-state index contributed by atoms with van der Waals surface area (Å²) in [5.41, 5.74) is 0.804. The van der Waals surface area contributed by atoms with Gasteiger partial charge >= 0.3 is 0 Å². The van der Waals surface area contributed by atoms with Crippen LogP contribution < -0.4 is 10.1 Å². The van der Waals surface area contributed by atoms with Gasteiger partial charge in [-0.1, -0.05) is 36.4 Å². The molecule has 1 spiro atoms. The number of hydrogen-bond donors (Lipinski definition) is 1. The summed E-state index contributed by atoms with van der Waals surface area (Å²) in [6.45, 7) is 1.89. The Morgan fingerprint density at radius 3 is 2.67 bits per heavy atom. The first-order valence-electron chi connectivity index (χ1n) is 10.7. The van der Waals surface area contributed by atoms with Crippen molar-refractivity contribution in [2.75, 3.05) is 32.8 Å². The van der Waals surface area contributed by atoms with Crippen LogP contribution in [0, 0.1) is 0 Å². The zero-order chi connectivity index (χ0) is 20.8. The summed E-state index contributed by atoms with van der Waals surface area (Å²) in [6, 6.07) is 17.3. The van der Waals surface area contributed by atoms with Crippen LogP contribution in [0.1, 0.15) is 35.2 Å². The Morgan fingerprint density at radius 2 is 1.80 bits per heavy atom. The fourth-order valence-corrected chi connectivity index (χ4v) is 4.19. The molecule has 0 bridgehead atoms. The van der Waals surface area contributed by atoms with Crippen LogP contribution in [-0.4, -0.2) is 55.2 Å². The molecule has 0 radical (unpaired) electrons. The lowest BCUT2D eigenvalue weighted by Gasteiger charge is -2.41. The summed E-state index contributed by atoms with van der Waals surface area (Å²) in [7, 11) is 0. The number of morpholine rings is 1. The van der Waals surface area contributed by atoms with Crippen LogP contribution in [0.5, 0.6) is 5.75 Å². The van der Waals surface area contributed by atoms with E-state index < -0.39 is 5.60 Å². The lowest BCUT2D eigenvalue weighted by atomic mass is 9.91. The topological polar surface area (TPSA) is 67.9 Å². The van der Waals surface area contributed by atoms with E-state index in [1.807, 2.05) is 36.4 Å². The molecule has 6 heteroatoms. The van der Waals surface area contributed by atoms with Gasteiger partial charge in [0.15, 0.2) is 5.60 Å². The van der Waals surface area contributed by atoms with Gasteiger partial charge in [-0.2, -0.15) is 0 Å². The fourth-order valence-electron chi connectivity index (χ4n) is 4.19. The van der Waals surface area contributed by atoms with Crippen molar-refractivity contribution in [3.8, 4) is 5.75 Å². The van der Waals surface area contributed by atoms with E-state index in [-0.39, 0.29) is 18.4 Å². The fraction of sp³-hybridized carbons (Fsp3) is 0.417.